The number of halogens is 1. The van der Waals surface area contributed by atoms with Gasteiger partial charge in [0.2, 0.25) is 11.8 Å². The number of rotatable bonds is 7. The highest BCUT2D eigenvalue weighted by Crippen LogP contribution is 2.20. The van der Waals surface area contributed by atoms with E-state index in [1.807, 2.05) is 60.7 Å². The summed E-state index contributed by atoms with van der Waals surface area (Å²) in [5.41, 5.74) is 6.74. The van der Waals surface area contributed by atoms with Crippen molar-refractivity contribution < 1.29 is 14.4 Å². The van der Waals surface area contributed by atoms with E-state index in [2.05, 4.69) is 16.2 Å². The van der Waals surface area contributed by atoms with Crippen LogP contribution in [0.5, 0.6) is 0 Å². The first-order valence-electron chi connectivity index (χ1n) is 9.75. The Hall–Kier alpha value is -3.64. The average molecular weight is 436 g/mol. The van der Waals surface area contributed by atoms with Gasteiger partial charge in [0.1, 0.15) is 0 Å². The monoisotopic (exact) mass is 435 g/mol. The van der Waals surface area contributed by atoms with Gasteiger partial charge in [0.25, 0.3) is 5.91 Å². The molecular formula is C24H22ClN3O3. The lowest BCUT2D eigenvalue weighted by Crippen LogP contribution is -2.44. The molecule has 1 atom stereocenters. The second-order valence-electron chi connectivity index (χ2n) is 6.88. The third-order valence-corrected chi connectivity index (χ3v) is 4.89. The van der Waals surface area contributed by atoms with Crippen LogP contribution in [0.15, 0.2) is 84.9 Å². The maximum Gasteiger partial charge on any atom is 0.253 e. The predicted molar refractivity (Wildman–Crippen MR) is 119 cm³/mol. The molecule has 0 aliphatic rings. The highest BCUT2D eigenvalue weighted by molar-refractivity contribution is 6.33. The van der Waals surface area contributed by atoms with Crippen molar-refractivity contribution in [3.05, 3.63) is 107 Å². The molecule has 3 N–H and O–H groups in total. The third kappa shape index (κ3) is 6.69. The summed E-state index contributed by atoms with van der Waals surface area (Å²) in [4.78, 5) is 37.2. The fraction of sp³-hybridized carbons (Fsp3) is 0.125. The van der Waals surface area contributed by atoms with Gasteiger partial charge in [-0.3, -0.25) is 25.2 Å². The molecular weight excluding hydrogens is 414 g/mol. The largest absolute Gasteiger partial charge is 0.345 e. The lowest BCUT2D eigenvalue weighted by atomic mass is 10.0. The van der Waals surface area contributed by atoms with E-state index in [1.165, 1.54) is 0 Å². The predicted octanol–water partition coefficient (Wildman–Crippen LogP) is 3.59. The van der Waals surface area contributed by atoms with Gasteiger partial charge in [-0.05, 0) is 23.3 Å². The summed E-state index contributed by atoms with van der Waals surface area (Å²) >= 11 is 6.12. The van der Waals surface area contributed by atoms with E-state index >= 15 is 0 Å². The summed E-state index contributed by atoms with van der Waals surface area (Å²) in [6.07, 6.45) is 0.0816. The Labute approximate surface area is 185 Å². The number of hydrazine groups is 1. The van der Waals surface area contributed by atoms with Crippen LogP contribution in [0.2, 0.25) is 5.02 Å². The van der Waals surface area contributed by atoms with E-state index in [-0.39, 0.29) is 24.7 Å². The maximum absolute atomic E-state index is 12.7. The van der Waals surface area contributed by atoms with Gasteiger partial charge >= 0.3 is 0 Å². The zero-order valence-electron chi connectivity index (χ0n) is 16.7. The quantitative estimate of drug-likeness (QED) is 0.495. The molecule has 3 rings (SSSR count). The van der Waals surface area contributed by atoms with Gasteiger partial charge in [0.15, 0.2) is 0 Å². The van der Waals surface area contributed by atoms with E-state index in [1.54, 1.807) is 24.3 Å². The second-order valence-corrected chi connectivity index (χ2v) is 7.29. The number of hydrogen-bond acceptors (Lipinski definition) is 3. The minimum Gasteiger partial charge on any atom is -0.345 e. The number of carbonyl (C=O) groups is 3. The van der Waals surface area contributed by atoms with Crippen LogP contribution in [0.1, 0.15) is 33.9 Å². The maximum atomic E-state index is 12.7. The normalized spacial score (nSPS) is 11.3. The van der Waals surface area contributed by atoms with Crippen LogP contribution in [0.4, 0.5) is 0 Å². The Morgan fingerprint density at radius 2 is 1.32 bits per heavy atom. The topological polar surface area (TPSA) is 87.3 Å². The fourth-order valence-electron chi connectivity index (χ4n) is 3.02. The van der Waals surface area contributed by atoms with Crippen molar-refractivity contribution in [1.82, 2.24) is 16.2 Å². The van der Waals surface area contributed by atoms with Crippen molar-refractivity contribution in [2.45, 2.75) is 18.9 Å². The first-order valence-corrected chi connectivity index (χ1v) is 10.1. The zero-order valence-corrected chi connectivity index (χ0v) is 17.4. The smallest absolute Gasteiger partial charge is 0.253 e. The van der Waals surface area contributed by atoms with Gasteiger partial charge in [0, 0.05) is 0 Å². The summed E-state index contributed by atoms with van der Waals surface area (Å²) < 4.78 is 0. The first-order chi connectivity index (χ1) is 15.0. The number of hydrogen-bond donors (Lipinski definition) is 3. The second kappa shape index (κ2) is 10.9. The van der Waals surface area contributed by atoms with E-state index in [9.17, 15) is 14.4 Å². The SMILES string of the molecule is O=C(Cc1ccccc1)NNC(=O)CC(NC(=O)c1ccccc1Cl)c1ccccc1. The number of benzene rings is 3. The first kappa shape index (κ1) is 22.1. The Bertz CT molecular complexity index is 1040. The van der Waals surface area contributed by atoms with Gasteiger partial charge in [-0.1, -0.05) is 84.4 Å². The molecule has 3 amide bonds. The van der Waals surface area contributed by atoms with E-state index < -0.39 is 11.9 Å². The van der Waals surface area contributed by atoms with Crippen molar-refractivity contribution >= 4 is 29.3 Å². The zero-order chi connectivity index (χ0) is 22.1. The summed E-state index contributed by atoms with van der Waals surface area (Å²) in [7, 11) is 0. The lowest BCUT2D eigenvalue weighted by Gasteiger charge is -2.19. The Balaban J connectivity index is 1.62. The Morgan fingerprint density at radius 3 is 2.00 bits per heavy atom. The highest BCUT2D eigenvalue weighted by atomic mass is 35.5. The lowest BCUT2D eigenvalue weighted by molar-refractivity contribution is -0.128. The molecule has 0 aliphatic carbocycles. The minimum atomic E-state index is -0.601. The number of amides is 3. The molecule has 0 aromatic heterocycles. The van der Waals surface area contributed by atoms with E-state index in [0.29, 0.717) is 10.6 Å². The standard InChI is InChI=1S/C24H22ClN3O3/c25-20-14-8-7-13-19(20)24(31)26-21(18-11-5-2-6-12-18)16-23(30)28-27-22(29)15-17-9-3-1-4-10-17/h1-14,21H,15-16H2,(H,26,31)(H,27,29)(H,28,30). The van der Waals surface area contributed by atoms with Crippen LogP contribution in [-0.4, -0.2) is 17.7 Å². The van der Waals surface area contributed by atoms with Crippen molar-refractivity contribution in [3.63, 3.8) is 0 Å². The molecule has 158 valence electrons. The van der Waals surface area contributed by atoms with Gasteiger partial charge in [-0.2, -0.15) is 0 Å². The van der Waals surface area contributed by atoms with Crippen LogP contribution in [0.3, 0.4) is 0 Å². The van der Waals surface area contributed by atoms with Crippen LogP contribution >= 0.6 is 11.6 Å². The van der Waals surface area contributed by atoms with Gasteiger partial charge < -0.3 is 5.32 Å². The van der Waals surface area contributed by atoms with Crippen molar-refractivity contribution in [2.24, 2.45) is 0 Å². The summed E-state index contributed by atoms with van der Waals surface area (Å²) in [5.74, 6) is -1.16. The van der Waals surface area contributed by atoms with Crippen LogP contribution in [0, 0.1) is 0 Å². The molecule has 0 bridgehead atoms. The molecule has 3 aromatic rings. The van der Waals surface area contributed by atoms with Gasteiger partial charge in [0.05, 0.1) is 29.5 Å². The molecule has 7 heteroatoms. The molecule has 0 saturated carbocycles. The third-order valence-electron chi connectivity index (χ3n) is 4.56. The fourth-order valence-corrected chi connectivity index (χ4v) is 3.24. The average Bonchev–Trinajstić information content (AvgIpc) is 2.79. The van der Waals surface area contributed by atoms with Crippen LogP contribution in [0.25, 0.3) is 0 Å². The molecule has 0 aliphatic heterocycles. The number of carbonyl (C=O) groups excluding carboxylic acids is 3. The van der Waals surface area contributed by atoms with Gasteiger partial charge in [-0.15, -0.1) is 0 Å². The molecule has 0 fully saturated rings. The summed E-state index contributed by atoms with van der Waals surface area (Å²) in [6, 6.07) is 24.4. The molecule has 31 heavy (non-hydrogen) atoms. The molecule has 0 radical (unpaired) electrons. The van der Waals surface area contributed by atoms with Crippen molar-refractivity contribution in [1.29, 1.82) is 0 Å². The van der Waals surface area contributed by atoms with Crippen LogP contribution in [-0.2, 0) is 16.0 Å². The summed E-state index contributed by atoms with van der Waals surface area (Å²) in [6.45, 7) is 0. The van der Waals surface area contributed by atoms with Gasteiger partial charge in [-0.25, -0.2) is 0 Å². The molecule has 3 aromatic carbocycles. The van der Waals surface area contributed by atoms with Crippen LogP contribution < -0.4 is 16.2 Å². The Kier molecular flexibility index (Phi) is 7.79. The van der Waals surface area contributed by atoms with Crippen molar-refractivity contribution in [2.75, 3.05) is 0 Å². The van der Waals surface area contributed by atoms with E-state index in [4.69, 9.17) is 11.6 Å². The summed E-state index contributed by atoms with van der Waals surface area (Å²) in [5, 5.41) is 3.18. The molecule has 0 heterocycles. The minimum absolute atomic E-state index is 0.0637. The highest BCUT2D eigenvalue weighted by Gasteiger charge is 2.20. The van der Waals surface area contributed by atoms with Crippen molar-refractivity contribution in [3.8, 4) is 0 Å². The van der Waals surface area contributed by atoms with E-state index in [0.717, 1.165) is 11.1 Å². The molecule has 6 nitrogen and oxygen atoms in total. The molecule has 0 saturated heterocycles. The number of nitrogens with one attached hydrogen (secondary N) is 3. The Morgan fingerprint density at radius 1 is 0.742 bits per heavy atom. The molecule has 0 spiro atoms. The molecule has 1 unspecified atom stereocenters.